The first kappa shape index (κ1) is 18.1. The number of fused-ring (bicyclic) bond motifs is 2. The van der Waals surface area contributed by atoms with Gasteiger partial charge in [0.2, 0.25) is 0 Å². The number of aromatic hydroxyl groups is 1. The number of amides is 1. The number of methoxy groups -OCH3 is 1. The molecule has 2 aliphatic heterocycles. The molecular weight excluding hydrogens is 369 g/mol. The Morgan fingerprint density at radius 2 is 1.81 bits per heavy atom. The molecule has 0 aromatic heterocycles. The molecule has 0 spiro atoms. The maximum absolute atomic E-state index is 13.2. The minimum Gasteiger partial charge on any atom is -0.503 e. The van der Waals surface area contributed by atoms with Crippen LogP contribution in [0.4, 0.5) is 4.39 Å². The molecule has 27 heavy (non-hydrogen) atoms. The highest BCUT2D eigenvalue weighted by molar-refractivity contribution is 6.32. The Labute approximate surface area is 162 Å². The summed E-state index contributed by atoms with van der Waals surface area (Å²) in [5, 5.41) is 10.0. The van der Waals surface area contributed by atoms with Crippen LogP contribution >= 0.6 is 11.6 Å². The fourth-order valence-electron chi connectivity index (χ4n) is 4.52. The van der Waals surface area contributed by atoms with Crippen LogP contribution in [0.15, 0.2) is 36.4 Å². The Morgan fingerprint density at radius 1 is 1.19 bits per heavy atom. The zero-order chi connectivity index (χ0) is 19.1. The van der Waals surface area contributed by atoms with E-state index in [-0.39, 0.29) is 40.3 Å². The number of nitrogens with zero attached hydrogens (tertiary/aromatic N) is 1. The molecule has 0 radical (unpaired) electrons. The maximum Gasteiger partial charge on any atom is 0.254 e. The van der Waals surface area contributed by atoms with E-state index in [9.17, 15) is 14.3 Å². The summed E-state index contributed by atoms with van der Waals surface area (Å²) in [4.78, 5) is 15.1. The van der Waals surface area contributed by atoms with Crippen molar-refractivity contribution in [1.29, 1.82) is 0 Å². The molecule has 1 N–H and O–H groups in total. The third kappa shape index (κ3) is 3.25. The minimum atomic E-state index is -0.229. The molecule has 142 valence electrons. The third-order valence-electron chi connectivity index (χ3n) is 5.80. The molecule has 2 unspecified atom stereocenters. The number of carbonyl (C=O) groups is 1. The Bertz CT molecular complexity index is 856. The number of hydrogen-bond donors (Lipinski definition) is 1. The van der Waals surface area contributed by atoms with E-state index in [0.29, 0.717) is 11.5 Å². The lowest BCUT2D eigenvalue weighted by molar-refractivity contribution is 0.0571. The van der Waals surface area contributed by atoms with Crippen molar-refractivity contribution in [2.45, 2.75) is 43.7 Å². The van der Waals surface area contributed by atoms with Gasteiger partial charge in [-0.2, -0.15) is 0 Å². The quantitative estimate of drug-likeness (QED) is 0.824. The van der Waals surface area contributed by atoms with E-state index in [2.05, 4.69) is 0 Å². The normalized spacial score (nSPS) is 24.1. The summed E-state index contributed by atoms with van der Waals surface area (Å²) in [6.45, 7) is 0. The first-order valence-electron chi connectivity index (χ1n) is 9.12. The van der Waals surface area contributed by atoms with Crippen LogP contribution in [0.3, 0.4) is 0 Å². The van der Waals surface area contributed by atoms with Crippen LogP contribution in [-0.4, -0.2) is 35.1 Å². The molecule has 1 amide bonds. The van der Waals surface area contributed by atoms with Gasteiger partial charge in [0.05, 0.1) is 12.1 Å². The lowest BCUT2D eigenvalue weighted by Crippen LogP contribution is -2.46. The Kier molecular flexibility index (Phi) is 4.72. The molecule has 2 saturated heterocycles. The second kappa shape index (κ2) is 7.04. The van der Waals surface area contributed by atoms with E-state index in [1.54, 1.807) is 0 Å². The molecule has 2 atom stereocenters. The Hall–Kier alpha value is -2.27. The monoisotopic (exact) mass is 389 g/mol. The number of hydrogen-bond acceptors (Lipinski definition) is 3. The molecule has 2 fully saturated rings. The number of benzene rings is 2. The number of halogens is 2. The molecule has 0 saturated carbocycles. The van der Waals surface area contributed by atoms with E-state index < -0.39 is 0 Å². The van der Waals surface area contributed by atoms with Gasteiger partial charge in [0.25, 0.3) is 5.91 Å². The zero-order valence-electron chi connectivity index (χ0n) is 15.0. The second-order valence-electron chi connectivity index (χ2n) is 7.33. The summed E-state index contributed by atoms with van der Waals surface area (Å²) in [6, 6.07) is 10.0. The summed E-state index contributed by atoms with van der Waals surface area (Å²) in [5.74, 6) is 0.0611. The predicted molar refractivity (Wildman–Crippen MR) is 101 cm³/mol. The van der Waals surface area contributed by atoms with Crippen LogP contribution in [0.1, 0.15) is 47.5 Å². The highest BCUT2D eigenvalue weighted by Gasteiger charge is 2.43. The lowest BCUT2D eigenvalue weighted by Gasteiger charge is -2.39. The third-order valence-corrected chi connectivity index (χ3v) is 6.09. The molecule has 2 aromatic carbocycles. The number of phenols is 1. The van der Waals surface area contributed by atoms with E-state index >= 15 is 0 Å². The SMILES string of the molecule is COc1cc(C(=O)N2C3CCC2CC(c2ccc(F)cc2)C3)cc(Cl)c1O. The summed E-state index contributed by atoms with van der Waals surface area (Å²) in [7, 11) is 1.43. The fraction of sp³-hybridized carbons (Fsp3) is 0.381. The molecule has 6 heteroatoms. The summed E-state index contributed by atoms with van der Waals surface area (Å²) in [5.41, 5.74) is 1.56. The Balaban J connectivity index is 1.57. The lowest BCUT2D eigenvalue weighted by atomic mass is 9.85. The van der Waals surface area contributed by atoms with Gasteiger partial charge in [-0.3, -0.25) is 4.79 Å². The van der Waals surface area contributed by atoms with Gasteiger partial charge in [-0.25, -0.2) is 4.39 Å². The van der Waals surface area contributed by atoms with Crippen molar-refractivity contribution in [2.75, 3.05) is 7.11 Å². The smallest absolute Gasteiger partial charge is 0.254 e. The van der Waals surface area contributed by atoms with Crippen LogP contribution in [0, 0.1) is 5.82 Å². The standard InChI is InChI=1S/C21H21ClFNO3/c1-27-19-11-14(10-18(22)20(19)25)21(26)24-16-6-7-17(24)9-13(8-16)12-2-4-15(23)5-3-12/h2-5,10-11,13,16-17,25H,6-9H2,1H3. The van der Waals surface area contributed by atoms with Gasteiger partial charge in [0.1, 0.15) is 5.82 Å². The first-order valence-corrected chi connectivity index (χ1v) is 9.50. The average molecular weight is 390 g/mol. The topological polar surface area (TPSA) is 49.8 Å². The Morgan fingerprint density at radius 3 is 2.41 bits per heavy atom. The van der Waals surface area contributed by atoms with Crippen LogP contribution in [-0.2, 0) is 0 Å². The number of phenolic OH excluding ortho intramolecular Hbond substituents is 1. The first-order chi connectivity index (χ1) is 13.0. The number of carbonyl (C=O) groups excluding carboxylic acids is 1. The van der Waals surface area contributed by atoms with Crippen LogP contribution in [0.25, 0.3) is 0 Å². The highest BCUT2D eigenvalue weighted by atomic mass is 35.5. The van der Waals surface area contributed by atoms with Gasteiger partial charge < -0.3 is 14.7 Å². The van der Waals surface area contributed by atoms with Gasteiger partial charge in [0, 0.05) is 17.6 Å². The van der Waals surface area contributed by atoms with Crippen molar-refractivity contribution >= 4 is 17.5 Å². The van der Waals surface area contributed by atoms with E-state index in [1.165, 1.54) is 31.4 Å². The number of rotatable bonds is 3. The molecule has 4 nitrogen and oxygen atoms in total. The summed E-state index contributed by atoms with van der Waals surface area (Å²) in [6.07, 6.45) is 3.68. The molecule has 0 aliphatic carbocycles. The largest absolute Gasteiger partial charge is 0.503 e. The van der Waals surface area contributed by atoms with Crippen LogP contribution in [0.2, 0.25) is 5.02 Å². The fourth-order valence-corrected chi connectivity index (χ4v) is 4.73. The zero-order valence-corrected chi connectivity index (χ0v) is 15.7. The van der Waals surface area contributed by atoms with Crippen LogP contribution < -0.4 is 4.74 Å². The van der Waals surface area contributed by atoms with E-state index in [1.807, 2.05) is 17.0 Å². The van der Waals surface area contributed by atoms with Crippen molar-refractivity contribution in [3.05, 3.63) is 58.4 Å². The maximum atomic E-state index is 13.2. The number of ether oxygens (including phenoxy) is 1. The summed E-state index contributed by atoms with van der Waals surface area (Å²) < 4.78 is 18.3. The summed E-state index contributed by atoms with van der Waals surface area (Å²) >= 11 is 6.05. The molecule has 2 bridgehead atoms. The molecule has 2 aromatic rings. The molecule has 2 heterocycles. The average Bonchev–Trinajstić information content (AvgIpc) is 2.93. The van der Waals surface area contributed by atoms with Gasteiger partial charge in [-0.05, 0) is 61.4 Å². The van der Waals surface area contributed by atoms with Gasteiger partial charge in [-0.1, -0.05) is 23.7 Å². The molecular formula is C21H21ClFNO3. The molecule has 4 rings (SSSR count). The number of piperidine rings is 1. The van der Waals surface area contributed by atoms with Crippen molar-refractivity contribution in [3.8, 4) is 11.5 Å². The van der Waals surface area contributed by atoms with Crippen molar-refractivity contribution < 1.29 is 19.0 Å². The minimum absolute atomic E-state index is 0.0831. The van der Waals surface area contributed by atoms with Gasteiger partial charge >= 0.3 is 0 Å². The van der Waals surface area contributed by atoms with E-state index in [4.69, 9.17) is 16.3 Å². The van der Waals surface area contributed by atoms with Crippen molar-refractivity contribution in [1.82, 2.24) is 4.90 Å². The molecule has 2 aliphatic rings. The van der Waals surface area contributed by atoms with Crippen LogP contribution in [0.5, 0.6) is 11.5 Å². The highest BCUT2D eigenvalue weighted by Crippen LogP contribution is 2.44. The van der Waals surface area contributed by atoms with Gasteiger partial charge in [0.15, 0.2) is 11.5 Å². The predicted octanol–water partition coefficient (Wildman–Crippen LogP) is 4.74. The van der Waals surface area contributed by atoms with Gasteiger partial charge in [-0.15, -0.1) is 0 Å². The van der Waals surface area contributed by atoms with E-state index in [0.717, 1.165) is 31.2 Å². The van der Waals surface area contributed by atoms with Crippen molar-refractivity contribution in [3.63, 3.8) is 0 Å². The van der Waals surface area contributed by atoms with Crippen molar-refractivity contribution in [2.24, 2.45) is 0 Å². The second-order valence-corrected chi connectivity index (χ2v) is 7.73.